The van der Waals surface area contributed by atoms with Crippen molar-refractivity contribution in [2.75, 3.05) is 13.6 Å². The Balaban J connectivity index is 2.31. The van der Waals surface area contributed by atoms with Crippen molar-refractivity contribution in [1.82, 2.24) is 18.8 Å². The molecule has 1 N–H and O–H groups in total. The Morgan fingerprint density at radius 1 is 1.47 bits per heavy atom. The molecule has 1 rings (SSSR count). The van der Waals surface area contributed by atoms with Gasteiger partial charge in [-0.05, 0) is 26.3 Å². The van der Waals surface area contributed by atoms with Crippen molar-refractivity contribution >= 4 is 10.2 Å². The van der Waals surface area contributed by atoms with E-state index in [0.717, 1.165) is 0 Å². The van der Waals surface area contributed by atoms with Gasteiger partial charge in [0.25, 0.3) is 10.2 Å². The molecular formula is C10H20N4O2S. The first-order valence-corrected chi connectivity index (χ1v) is 7.07. The molecule has 0 saturated carbocycles. The Morgan fingerprint density at radius 3 is 2.71 bits per heavy atom. The van der Waals surface area contributed by atoms with Crippen molar-refractivity contribution in [1.29, 1.82) is 0 Å². The zero-order valence-corrected chi connectivity index (χ0v) is 11.3. The van der Waals surface area contributed by atoms with Gasteiger partial charge in [-0.2, -0.15) is 17.8 Å². The minimum Gasteiger partial charge on any atom is -0.273 e. The van der Waals surface area contributed by atoms with Gasteiger partial charge >= 0.3 is 0 Å². The van der Waals surface area contributed by atoms with Gasteiger partial charge < -0.3 is 0 Å². The molecule has 17 heavy (non-hydrogen) atoms. The van der Waals surface area contributed by atoms with Crippen LogP contribution in [0.3, 0.4) is 0 Å². The average molecular weight is 260 g/mol. The molecule has 1 aromatic heterocycles. The fourth-order valence-electron chi connectivity index (χ4n) is 1.25. The Morgan fingerprint density at radius 2 is 2.18 bits per heavy atom. The highest BCUT2D eigenvalue weighted by Gasteiger charge is 2.19. The van der Waals surface area contributed by atoms with Crippen LogP contribution in [0.25, 0.3) is 0 Å². The van der Waals surface area contributed by atoms with Crippen molar-refractivity contribution < 1.29 is 8.42 Å². The third-order valence-electron chi connectivity index (χ3n) is 2.51. The van der Waals surface area contributed by atoms with Crippen LogP contribution in [0.2, 0.25) is 0 Å². The first-order valence-electron chi connectivity index (χ1n) is 5.63. The average Bonchev–Trinajstić information content (AvgIpc) is 2.76. The zero-order valence-electron chi connectivity index (χ0n) is 10.5. The summed E-state index contributed by atoms with van der Waals surface area (Å²) >= 11 is 0. The number of nitrogens with zero attached hydrogens (tertiary/aromatic N) is 3. The maximum Gasteiger partial charge on any atom is 0.279 e. The SMILES string of the molecule is CC(C)N(C)S(=O)(=O)NCCCn1cccn1. The van der Waals surface area contributed by atoms with E-state index in [9.17, 15) is 8.42 Å². The minimum absolute atomic E-state index is 0.0429. The summed E-state index contributed by atoms with van der Waals surface area (Å²) in [7, 11) is -1.78. The van der Waals surface area contributed by atoms with Gasteiger partial charge in [-0.15, -0.1) is 0 Å². The van der Waals surface area contributed by atoms with Crippen LogP contribution >= 0.6 is 0 Å². The molecule has 0 aliphatic carbocycles. The van der Waals surface area contributed by atoms with Crippen LogP contribution in [0.1, 0.15) is 20.3 Å². The van der Waals surface area contributed by atoms with Crippen LogP contribution in [-0.4, -0.2) is 42.1 Å². The lowest BCUT2D eigenvalue weighted by molar-refractivity contribution is 0.401. The molecule has 7 heteroatoms. The van der Waals surface area contributed by atoms with Gasteiger partial charge in [0.2, 0.25) is 0 Å². The Bertz CT molecular complexity index is 414. The highest BCUT2D eigenvalue weighted by molar-refractivity contribution is 7.87. The quantitative estimate of drug-likeness (QED) is 0.724. The van der Waals surface area contributed by atoms with Crippen molar-refractivity contribution in [3.63, 3.8) is 0 Å². The summed E-state index contributed by atoms with van der Waals surface area (Å²) < 4.78 is 29.1. The molecule has 0 aliphatic rings. The van der Waals surface area contributed by atoms with E-state index < -0.39 is 10.2 Å². The smallest absolute Gasteiger partial charge is 0.273 e. The van der Waals surface area contributed by atoms with Crippen LogP contribution < -0.4 is 4.72 Å². The van der Waals surface area contributed by atoms with Crippen LogP contribution in [0.5, 0.6) is 0 Å². The molecule has 6 nitrogen and oxygen atoms in total. The molecule has 0 unspecified atom stereocenters. The number of nitrogens with one attached hydrogen (secondary N) is 1. The molecule has 0 atom stereocenters. The predicted molar refractivity (Wildman–Crippen MR) is 66.7 cm³/mol. The summed E-state index contributed by atoms with van der Waals surface area (Å²) in [4.78, 5) is 0. The fraction of sp³-hybridized carbons (Fsp3) is 0.700. The second-order valence-corrected chi connectivity index (χ2v) is 5.95. The molecule has 0 amide bonds. The molecule has 1 heterocycles. The van der Waals surface area contributed by atoms with Crippen molar-refractivity contribution in [3.8, 4) is 0 Å². The third kappa shape index (κ3) is 4.45. The summed E-state index contributed by atoms with van der Waals surface area (Å²) in [5.41, 5.74) is 0. The molecule has 0 aliphatic heterocycles. The Labute approximate surface area is 103 Å². The lowest BCUT2D eigenvalue weighted by Crippen LogP contribution is -2.42. The van der Waals surface area contributed by atoms with Crippen molar-refractivity contribution in [2.45, 2.75) is 32.9 Å². The van der Waals surface area contributed by atoms with E-state index in [1.165, 1.54) is 4.31 Å². The second kappa shape index (κ2) is 6.13. The molecule has 0 bridgehead atoms. The number of aromatic nitrogens is 2. The zero-order chi connectivity index (χ0) is 12.9. The van der Waals surface area contributed by atoms with Gasteiger partial charge in [0, 0.05) is 38.6 Å². The number of aryl methyl sites for hydroxylation is 1. The van der Waals surface area contributed by atoms with Gasteiger partial charge in [0.15, 0.2) is 0 Å². The fourth-order valence-corrected chi connectivity index (χ4v) is 2.42. The monoisotopic (exact) mass is 260 g/mol. The number of hydrogen-bond donors (Lipinski definition) is 1. The molecular weight excluding hydrogens is 240 g/mol. The summed E-state index contributed by atoms with van der Waals surface area (Å²) in [6.45, 7) is 4.80. The maximum absolute atomic E-state index is 11.7. The first kappa shape index (κ1) is 14.1. The van der Waals surface area contributed by atoms with Crippen LogP contribution in [-0.2, 0) is 16.8 Å². The lowest BCUT2D eigenvalue weighted by atomic mass is 10.4. The molecule has 0 saturated heterocycles. The van der Waals surface area contributed by atoms with Gasteiger partial charge in [-0.3, -0.25) is 4.68 Å². The molecule has 0 spiro atoms. The van der Waals surface area contributed by atoms with Crippen molar-refractivity contribution in [2.24, 2.45) is 0 Å². The van der Waals surface area contributed by atoms with Crippen molar-refractivity contribution in [3.05, 3.63) is 18.5 Å². The summed E-state index contributed by atoms with van der Waals surface area (Å²) in [5.74, 6) is 0. The highest BCUT2D eigenvalue weighted by Crippen LogP contribution is 2.00. The number of hydrogen-bond acceptors (Lipinski definition) is 3. The highest BCUT2D eigenvalue weighted by atomic mass is 32.2. The van der Waals surface area contributed by atoms with Gasteiger partial charge in [-0.25, -0.2) is 4.72 Å². The number of rotatable bonds is 7. The molecule has 98 valence electrons. The van der Waals surface area contributed by atoms with E-state index in [4.69, 9.17) is 0 Å². The van der Waals surface area contributed by atoms with Gasteiger partial charge in [-0.1, -0.05) is 0 Å². The van der Waals surface area contributed by atoms with Crippen LogP contribution in [0, 0.1) is 0 Å². The second-order valence-electron chi connectivity index (χ2n) is 4.13. The Kier molecular flexibility index (Phi) is 5.10. The summed E-state index contributed by atoms with van der Waals surface area (Å²) in [6, 6.07) is 1.80. The lowest BCUT2D eigenvalue weighted by Gasteiger charge is -2.21. The predicted octanol–water partition coefficient (Wildman–Crippen LogP) is 0.448. The minimum atomic E-state index is -3.35. The summed E-state index contributed by atoms with van der Waals surface area (Å²) in [6.07, 6.45) is 4.28. The molecule has 0 fully saturated rings. The van der Waals surface area contributed by atoms with E-state index in [1.54, 1.807) is 17.9 Å². The topological polar surface area (TPSA) is 67.2 Å². The summed E-state index contributed by atoms with van der Waals surface area (Å²) in [5, 5.41) is 4.04. The van der Waals surface area contributed by atoms with Gasteiger partial charge in [0.05, 0.1) is 0 Å². The van der Waals surface area contributed by atoms with Crippen LogP contribution in [0.4, 0.5) is 0 Å². The Hall–Kier alpha value is -0.920. The molecule has 0 radical (unpaired) electrons. The van der Waals surface area contributed by atoms with E-state index in [-0.39, 0.29) is 6.04 Å². The third-order valence-corrected chi connectivity index (χ3v) is 4.26. The molecule has 1 aromatic rings. The molecule has 0 aromatic carbocycles. The van der Waals surface area contributed by atoms with E-state index in [0.29, 0.717) is 19.5 Å². The van der Waals surface area contributed by atoms with E-state index in [1.807, 2.05) is 26.1 Å². The van der Waals surface area contributed by atoms with E-state index >= 15 is 0 Å². The largest absolute Gasteiger partial charge is 0.279 e. The van der Waals surface area contributed by atoms with Gasteiger partial charge in [0.1, 0.15) is 0 Å². The standard InChI is InChI=1S/C10H20N4O2S/c1-10(2)13(3)17(15,16)12-7-5-9-14-8-4-6-11-14/h4,6,8,10,12H,5,7,9H2,1-3H3. The maximum atomic E-state index is 11.7. The normalized spacial score (nSPS) is 12.5. The first-order chi connectivity index (χ1) is 7.93. The van der Waals surface area contributed by atoms with Crippen LogP contribution in [0.15, 0.2) is 18.5 Å². The van der Waals surface area contributed by atoms with E-state index in [2.05, 4.69) is 9.82 Å².